The summed E-state index contributed by atoms with van der Waals surface area (Å²) < 4.78 is 26.8. The van der Waals surface area contributed by atoms with Gasteiger partial charge in [-0.05, 0) is 47.9 Å². The zero-order chi connectivity index (χ0) is 27.6. The summed E-state index contributed by atoms with van der Waals surface area (Å²) in [6, 6.07) is 5.64. The maximum atomic E-state index is 15.7. The summed E-state index contributed by atoms with van der Waals surface area (Å²) in [5.74, 6) is -1.79. The summed E-state index contributed by atoms with van der Waals surface area (Å²) in [7, 11) is 2.85. The number of nitrogens with zero attached hydrogens (tertiary/aromatic N) is 3. The fourth-order valence-electron chi connectivity index (χ4n) is 6.76. The molecule has 2 unspecified atom stereocenters. The van der Waals surface area contributed by atoms with Crippen LogP contribution in [-0.2, 0) is 9.53 Å². The van der Waals surface area contributed by atoms with E-state index in [1.807, 2.05) is 4.90 Å². The van der Waals surface area contributed by atoms with Gasteiger partial charge in [-0.25, -0.2) is 4.39 Å². The molecule has 2 bridgehead atoms. The lowest BCUT2D eigenvalue weighted by Crippen LogP contribution is -2.47. The van der Waals surface area contributed by atoms with Gasteiger partial charge in [-0.1, -0.05) is 13.8 Å². The number of fused-ring (bicyclic) bond motifs is 3. The van der Waals surface area contributed by atoms with E-state index in [9.17, 15) is 14.4 Å². The number of hydrogen-bond donors (Lipinski definition) is 2. The third-order valence-electron chi connectivity index (χ3n) is 8.95. The first-order valence-corrected chi connectivity index (χ1v) is 13.2. The summed E-state index contributed by atoms with van der Waals surface area (Å²) >= 11 is 0. The third-order valence-corrected chi connectivity index (χ3v) is 8.95. The topological polar surface area (TPSA) is 113 Å². The van der Waals surface area contributed by atoms with E-state index in [2.05, 4.69) is 29.5 Å². The van der Waals surface area contributed by atoms with Crippen LogP contribution in [0, 0.1) is 23.1 Å². The summed E-state index contributed by atoms with van der Waals surface area (Å²) in [6.07, 6.45) is 2.39. The van der Waals surface area contributed by atoms with Crippen molar-refractivity contribution < 1.29 is 28.2 Å². The van der Waals surface area contributed by atoms with E-state index < -0.39 is 17.8 Å². The number of morpholine rings is 1. The third kappa shape index (κ3) is 4.02. The highest BCUT2D eigenvalue weighted by atomic mass is 19.1. The monoisotopic (exact) mass is 537 g/mol. The Morgan fingerprint density at radius 1 is 1.21 bits per heavy atom. The molecule has 5 atom stereocenters. The molecule has 1 aliphatic carbocycles. The van der Waals surface area contributed by atoms with Crippen LogP contribution in [0.3, 0.4) is 0 Å². The van der Waals surface area contributed by atoms with Crippen LogP contribution in [-0.4, -0.2) is 79.6 Å². The highest BCUT2D eigenvalue weighted by Crippen LogP contribution is 2.65. The SMILES string of the molecule is CNC(=O)c1cc(NC(=O)[C@@H]2[C@@H]3[C@H](CN2C(=O)c2ccc(N4CC5CC4CO5)c(F)c2OC)C3(C)C)ccn1. The fraction of sp³-hybridized carbons (Fsp3) is 0.500. The predicted molar refractivity (Wildman–Crippen MR) is 140 cm³/mol. The minimum Gasteiger partial charge on any atom is -0.493 e. The molecule has 4 heterocycles. The van der Waals surface area contributed by atoms with Crippen molar-refractivity contribution in [1.29, 1.82) is 0 Å². The van der Waals surface area contributed by atoms with E-state index in [1.54, 1.807) is 18.2 Å². The number of nitrogens with one attached hydrogen (secondary N) is 2. The zero-order valence-electron chi connectivity index (χ0n) is 22.4. The number of benzene rings is 1. The molecule has 3 amide bonds. The highest BCUT2D eigenvalue weighted by molar-refractivity contribution is 6.04. The first-order chi connectivity index (χ1) is 18.6. The van der Waals surface area contributed by atoms with Crippen LogP contribution in [0.1, 0.15) is 41.1 Å². The van der Waals surface area contributed by atoms with E-state index in [1.165, 1.54) is 31.3 Å². The van der Waals surface area contributed by atoms with Gasteiger partial charge in [0.15, 0.2) is 11.6 Å². The van der Waals surface area contributed by atoms with Gasteiger partial charge in [-0.2, -0.15) is 0 Å². The van der Waals surface area contributed by atoms with Crippen molar-refractivity contribution in [1.82, 2.24) is 15.2 Å². The van der Waals surface area contributed by atoms with Gasteiger partial charge in [0.05, 0.1) is 37.1 Å². The highest BCUT2D eigenvalue weighted by Gasteiger charge is 2.69. The summed E-state index contributed by atoms with van der Waals surface area (Å²) in [4.78, 5) is 47.0. The average molecular weight is 538 g/mol. The molecule has 3 aliphatic heterocycles. The summed E-state index contributed by atoms with van der Waals surface area (Å²) in [5, 5.41) is 5.37. The number of carbonyl (C=O) groups is 3. The minimum atomic E-state index is -0.756. The first kappa shape index (κ1) is 25.5. The Morgan fingerprint density at radius 2 is 2.00 bits per heavy atom. The van der Waals surface area contributed by atoms with Gasteiger partial charge in [0.25, 0.3) is 11.8 Å². The summed E-state index contributed by atoms with van der Waals surface area (Å²) in [5.41, 5.74) is 0.934. The lowest BCUT2D eigenvalue weighted by Gasteiger charge is -2.32. The second-order valence-electron chi connectivity index (χ2n) is 11.3. The van der Waals surface area contributed by atoms with Crippen LogP contribution >= 0.6 is 0 Å². The molecule has 0 spiro atoms. The van der Waals surface area contributed by atoms with Crippen LogP contribution < -0.4 is 20.3 Å². The number of aromatic nitrogens is 1. The molecule has 0 radical (unpaired) electrons. The predicted octanol–water partition coefficient (Wildman–Crippen LogP) is 2.30. The van der Waals surface area contributed by atoms with Crippen molar-refractivity contribution in [2.45, 2.75) is 38.5 Å². The number of pyridine rings is 1. The van der Waals surface area contributed by atoms with Gasteiger partial charge in [0.1, 0.15) is 11.7 Å². The molecule has 1 aromatic carbocycles. The number of rotatable bonds is 6. The Kier molecular flexibility index (Phi) is 6.01. The van der Waals surface area contributed by atoms with Crippen LogP contribution in [0.2, 0.25) is 0 Å². The van der Waals surface area contributed by atoms with Crippen molar-refractivity contribution in [3.63, 3.8) is 0 Å². The molecule has 2 N–H and O–H groups in total. The van der Waals surface area contributed by atoms with E-state index in [0.717, 1.165) is 6.42 Å². The largest absolute Gasteiger partial charge is 0.493 e. The van der Waals surface area contributed by atoms with Crippen LogP contribution in [0.5, 0.6) is 5.75 Å². The molecular weight excluding hydrogens is 505 g/mol. The molecule has 39 heavy (non-hydrogen) atoms. The van der Waals surface area contributed by atoms with Gasteiger partial charge >= 0.3 is 0 Å². The number of halogens is 1. The van der Waals surface area contributed by atoms with Crippen molar-refractivity contribution in [3.8, 4) is 5.75 Å². The zero-order valence-corrected chi connectivity index (χ0v) is 22.4. The number of amides is 3. The number of hydrogen-bond acceptors (Lipinski definition) is 7. The second-order valence-corrected chi connectivity index (χ2v) is 11.3. The number of likely N-dealkylation sites (tertiary alicyclic amines) is 1. The number of piperidine rings is 1. The van der Waals surface area contributed by atoms with Gasteiger partial charge in [-0.3, -0.25) is 19.4 Å². The Hall–Kier alpha value is -3.73. The number of carbonyl (C=O) groups excluding carboxylic acids is 3. The van der Waals surface area contributed by atoms with E-state index >= 15 is 4.39 Å². The van der Waals surface area contributed by atoms with Gasteiger partial charge in [0.2, 0.25) is 5.91 Å². The molecule has 1 saturated carbocycles. The normalized spacial score (nSPS) is 27.8. The quantitative estimate of drug-likeness (QED) is 0.582. The maximum absolute atomic E-state index is 15.7. The average Bonchev–Trinajstić information content (AvgIpc) is 3.45. The molecule has 6 rings (SSSR count). The van der Waals surface area contributed by atoms with Gasteiger partial charge in [-0.15, -0.1) is 0 Å². The number of anilines is 2. The van der Waals surface area contributed by atoms with Gasteiger partial charge < -0.3 is 29.9 Å². The van der Waals surface area contributed by atoms with Crippen LogP contribution in [0.4, 0.5) is 15.8 Å². The lowest BCUT2D eigenvalue weighted by molar-refractivity contribution is -0.120. The molecule has 2 aromatic rings. The van der Waals surface area contributed by atoms with Crippen molar-refractivity contribution in [3.05, 3.63) is 47.5 Å². The second kappa shape index (κ2) is 9.18. The fourth-order valence-corrected chi connectivity index (χ4v) is 6.76. The Labute approximate surface area is 225 Å². The molecule has 10 nitrogen and oxygen atoms in total. The molecule has 11 heteroatoms. The molecule has 1 aromatic heterocycles. The number of methoxy groups -OCH3 is 1. The van der Waals surface area contributed by atoms with E-state index in [4.69, 9.17) is 9.47 Å². The smallest absolute Gasteiger partial charge is 0.269 e. The van der Waals surface area contributed by atoms with Crippen molar-refractivity contribution in [2.24, 2.45) is 17.3 Å². The Balaban J connectivity index is 1.27. The van der Waals surface area contributed by atoms with Gasteiger partial charge in [0, 0.05) is 32.0 Å². The minimum absolute atomic E-state index is 0.0445. The number of ether oxygens (including phenoxy) is 2. The standard InChI is InChI=1S/C28H32FN5O5/c1-28(2)18-12-34(23(21(18)28)26(36)32-14-7-8-31-19(9-14)25(35)30-3)27(37)17-5-6-20(22(29)24(17)38-4)33-11-16-10-15(33)13-39-16/h5-9,15-16,18,21,23H,10-13H2,1-4H3,(H,30,35)(H,31,32,36)/t15?,16?,18-,21-,23-/m0/s1. The molecule has 3 saturated heterocycles. The van der Waals surface area contributed by atoms with Crippen molar-refractivity contribution >= 4 is 29.1 Å². The lowest BCUT2D eigenvalue weighted by atomic mass is 9.99. The Bertz CT molecular complexity index is 1370. The molecule has 4 aliphatic rings. The Morgan fingerprint density at radius 3 is 2.67 bits per heavy atom. The van der Waals surface area contributed by atoms with E-state index in [0.29, 0.717) is 31.1 Å². The molecule has 206 valence electrons. The van der Waals surface area contributed by atoms with E-state index in [-0.39, 0.29) is 58.2 Å². The van der Waals surface area contributed by atoms with Crippen LogP contribution in [0.15, 0.2) is 30.5 Å². The summed E-state index contributed by atoms with van der Waals surface area (Å²) in [6.45, 7) is 5.71. The van der Waals surface area contributed by atoms with Crippen LogP contribution in [0.25, 0.3) is 0 Å². The molecular formula is C28H32FN5O5. The maximum Gasteiger partial charge on any atom is 0.269 e. The first-order valence-electron chi connectivity index (χ1n) is 13.2. The van der Waals surface area contributed by atoms with Crippen molar-refractivity contribution in [2.75, 3.05) is 44.1 Å². The molecule has 4 fully saturated rings.